The summed E-state index contributed by atoms with van der Waals surface area (Å²) in [6.07, 6.45) is 1.73. The van der Waals surface area contributed by atoms with E-state index in [-0.39, 0.29) is 17.8 Å². The number of anilines is 1. The van der Waals surface area contributed by atoms with Gasteiger partial charge >= 0.3 is 0 Å². The highest BCUT2D eigenvalue weighted by molar-refractivity contribution is 7.89. The van der Waals surface area contributed by atoms with Crippen LogP contribution in [-0.2, 0) is 19.6 Å². The van der Waals surface area contributed by atoms with E-state index in [4.69, 9.17) is 14.2 Å². The zero-order valence-electron chi connectivity index (χ0n) is 19.5. The monoisotopic (exact) mass is 517 g/mol. The minimum absolute atomic E-state index is 0.0182. The molecule has 1 aliphatic rings. The fourth-order valence-electron chi connectivity index (χ4n) is 3.78. The number of hydrogen-bond donors (Lipinski definition) is 0. The van der Waals surface area contributed by atoms with Gasteiger partial charge in [0.05, 0.1) is 16.6 Å². The average Bonchev–Trinajstić information content (AvgIpc) is 3.39. The molecule has 9 nitrogen and oxygen atoms in total. The van der Waals surface area contributed by atoms with Crippen LogP contribution in [0, 0.1) is 0 Å². The molecule has 2 heterocycles. The first-order valence-electron chi connectivity index (χ1n) is 11.1. The van der Waals surface area contributed by atoms with Gasteiger partial charge in [-0.05, 0) is 50.2 Å². The van der Waals surface area contributed by atoms with Gasteiger partial charge < -0.3 is 19.1 Å². The van der Waals surface area contributed by atoms with Crippen LogP contribution in [-0.4, -0.2) is 63.3 Å². The van der Waals surface area contributed by atoms with Gasteiger partial charge in [0.1, 0.15) is 16.5 Å². The third-order valence-corrected chi connectivity index (χ3v) is 8.13. The number of thiazole rings is 1. The second-order valence-electron chi connectivity index (χ2n) is 8.07. The Morgan fingerprint density at radius 3 is 2.46 bits per heavy atom. The molecule has 35 heavy (non-hydrogen) atoms. The Balaban J connectivity index is 1.45. The van der Waals surface area contributed by atoms with Crippen LogP contribution in [0.3, 0.4) is 0 Å². The van der Waals surface area contributed by atoms with Crippen LogP contribution in [0.15, 0.2) is 58.9 Å². The lowest BCUT2D eigenvalue weighted by atomic mass is 10.1. The summed E-state index contributed by atoms with van der Waals surface area (Å²) in [5.74, 6) is 1.18. The highest BCUT2D eigenvalue weighted by Crippen LogP contribution is 2.35. The zero-order valence-corrected chi connectivity index (χ0v) is 21.1. The molecule has 0 atom stereocenters. The van der Waals surface area contributed by atoms with Crippen molar-refractivity contribution in [2.45, 2.75) is 24.8 Å². The van der Waals surface area contributed by atoms with E-state index in [1.54, 1.807) is 30.5 Å². The fraction of sp³-hybridized carbons (Fsp3) is 0.333. The van der Waals surface area contributed by atoms with Crippen LogP contribution in [0.5, 0.6) is 11.5 Å². The predicted molar refractivity (Wildman–Crippen MR) is 133 cm³/mol. The Labute approximate surface area is 208 Å². The summed E-state index contributed by atoms with van der Waals surface area (Å²) in [7, 11) is -3.60. The topological polar surface area (TPSA) is 98.3 Å². The van der Waals surface area contributed by atoms with Gasteiger partial charge in [0, 0.05) is 49.5 Å². The van der Waals surface area contributed by atoms with Gasteiger partial charge in [0.15, 0.2) is 0 Å². The van der Waals surface area contributed by atoms with Gasteiger partial charge in [-0.1, -0.05) is 0 Å². The number of carbonyl (C=O) groups is 1. The first-order chi connectivity index (χ1) is 16.9. The van der Waals surface area contributed by atoms with Crippen molar-refractivity contribution in [2.75, 3.05) is 37.9 Å². The summed E-state index contributed by atoms with van der Waals surface area (Å²) >= 11 is 1.48. The third kappa shape index (κ3) is 5.92. The first kappa shape index (κ1) is 25.0. The summed E-state index contributed by atoms with van der Waals surface area (Å²) in [4.78, 5) is 17.2. The maximum atomic E-state index is 13.1. The molecule has 1 fully saturated rings. The van der Waals surface area contributed by atoms with E-state index in [1.807, 2.05) is 37.4 Å². The van der Waals surface area contributed by atoms with Crippen molar-refractivity contribution >= 4 is 33.5 Å². The summed E-state index contributed by atoms with van der Waals surface area (Å²) in [5, 5.41) is 2.66. The van der Waals surface area contributed by atoms with Crippen LogP contribution in [0.2, 0.25) is 0 Å². The molecule has 1 aliphatic heterocycles. The van der Waals surface area contributed by atoms with E-state index in [1.165, 1.54) is 15.6 Å². The second kappa shape index (κ2) is 11.1. The molecule has 0 radical (unpaired) electrons. The molecule has 1 aromatic heterocycles. The van der Waals surface area contributed by atoms with E-state index in [9.17, 15) is 13.2 Å². The molecule has 0 spiro atoms. The van der Waals surface area contributed by atoms with E-state index < -0.39 is 10.0 Å². The van der Waals surface area contributed by atoms with E-state index in [2.05, 4.69) is 9.88 Å². The number of ether oxygens (including phenoxy) is 3. The number of rotatable bonds is 10. The maximum absolute atomic E-state index is 13.1. The Hall–Kier alpha value is -3.15. The molecule has 4 rings (SSSR count). The van der Waals surface area contributed by atoms with E-state index in [0.29, 0.717) is 44.2 Å². The summed E-state index contributed by atoms with van der Waals surface area (Å²) < 4.78 is 43.8. The van der Waals surface area contributed by atoms with Gasteiger partial charge in [-0.2, -0.15) is 4.31 Å². The fourth-order valence-corrected chi connectivity index (χ4v) is 5.87. The minimum atomic E-state index is -3.60. The van der Waals surface area contributed by atoms with Crippen LogP contribution in [0.1, 0.15) is 13.8 Å². The number of nitrogens with zero attached hydrogens (tertiary/aromatic N) is 3. The quantitative estimate of drug-likeness (QED) is 0.229. The molecular formula is C24H27N3O6S2. The Bertz CT molecular complexity index is 1220. The lowest BCUT2D eigenvalue weighted by Crippen LogP contribution is -2.48. The van der Waals surface area contributed by atoms with Crippen molar-refractivity contribution in [3.05, 3.63) is 54.0 Å². The van der Waals surface area contributed by atoms with Crippen molar-refractivity contribution in [3.63, 3.8) is 0 Å². The minimum Gasteiger partial charge on any atom is -0.491 e. The van der Waals surface area contributed by atoms with Gasteiger partial charge in [-0.15, -0.1) is 11.3 Å². The van der Waals surface area contributed by atoms with Gasteiger partial charge in [0.2, 0.25) is 16.8 Å². The Morgan fingerprint density at radius 2 is 1.83 bits per heavy atom. The molecule has 0 unspecified atom stereocenters. The normalized spacial score (nSPS) is 14.7. The highest BCUT2D eigenvalue weighted by atomic mass is 32.2. The van der Waals surface area contributed by atoms with Crippen LogP contribution < -0.4 is 14.4 Å². The number of aromatic nitrogens is 1. The van der Waals surface area contributed by atoms with Crippen molar-refractivity contribution in [3.8, 4) is 22.1 Å². The largest absolute Gasteiger partial charge is 0.491 e. The average molecular weight is 518 g/mol. The molecule has 2 aromatic carbocycles. The van der Waals surface area contributed by atoms with Crippen LogP contribution >= 0.6 is 11.3 Å². The molecule has 0 saturated carbocycles. The van der Waals surface area contributed by atoms with Gasteiger partial charge in [-0.3, -0.25) is 4.79 Å². The van der Waals surface area contributed by atoms with Crippen LogP contribution in [0.4, 0.5) is 5.69 Å². The number of sulfonamides is 1. The van der Waals surface area contributed by atoms with E-state index in [0.717, 1.165) is 16.3 Å². The molecule has 3 aromatic rings. The van der Waals surface area contributed by atoms with Gasteiger partial charge in [0.25, 0.3) is 6.47 Å². The summed E-state index contributed by atoms with van der Waals surface area (Å²) in [6, 6.07) is 12.3. The molecule has 1 saturated heterocycles. The standard InChI is InChI=1S/C24H27N3O6S2/c1-18(2)33-20-4-6-21(7-5-20)35(29,30)27-12-10-26(11-13-27)19-3-8-22(24-25-9-14-34-24)23(15-19)32-17-31-16-28/h3-9,14-16,18H,10-13,17H2,1-2H3. The third-order valence-electron chi connectivity index (χ3n) is 5.42. The second-order valence-corrected chi connectivity index (χ2v) is 10.9. The molecule has 0 aliphatic carbocycles. The molecule has 0 amide bonds. The number of carbonyl (C=O) groups excluding carboxylic acids is 1. The Kier molecular flexibility index (Phi) is 7.89. The van der Waals surface area contributed by atoms with Gasteiger partial charge in [-0.25, -0.2) is 13.4 Å². The van der Waals surface area contributed by atoms with Crippen molar-refractivity contribution in [1.29, 1.82) is 0 Å². The SMILES string of the molecule is CC(C)Oc1ccc(S(=O)(=O)N2CCN(c3ccc(-c4nccs4)c(OCOC=O)c3)CC2)cc1. The molecule has 0 N–H and O–H groups in total. The number of piperazine rings is 1. The summed E-state index contributed by atoms with van der Waals surface area (Å²) in [5.41, 5.74) is 1.68. The highest BCUT2D eigenvalue weighted by Gasteiger charge is 2.29. The number of benzene rings is 2. The van der Waals surface area contributed by atoms with Crippen molar-refractivity contribution < 1.29 is 27.4 Å². The smallest absolute Gasteiger partial charge is 0.295 e. The number of hydrogen-bond acceptors (Lipinski definition) is 9. The first-order valence-corrected chi connectivity index (χ1v) is 13.4. The molecular weight excluding hydrogens is 490 g/mol. The summed E-state index contributed by atoms with van der Waals surface area (Å²) in [6.45, 7) is 5.71. The molecule has 0 bridgehead atoms. The van der Waals surface area contributed by atoms with E-state index >= 15 is 0 Å². The van der Waals surface area contributed by atoms with Crippen LogP contribution in [0.25, 0.3) is 10.6 Å². The maximum Gasteiger partial charge on any atom is 0.295 e. The lowest BCUT2D eigenvalue weighted by Gasteiger charge is -2.35. The lowest BCUT2D eigenvalue weighted by molar-refractivity contribution is -0.134. The molecule has 186 valence electrons. The van der Waals surface area contributed by atoms with Crippen molar-refractivity contribution in [2.24, 2.45) is 0 Å². The Morgan fingerprint density at radius 1 is 1.09 bits per heavy atom. The zero-order chi connectivity index (χ0) is 24.8. The van der Waals surface area contributed by atoms with Crippen molar-refractivity contribution in [1.82, 2.24) is 9.29 Å². The predicted octanol–water partition coefficient (Wildman–Crippen LogP) is 3.62. The molecule has 11 heteroatoms.